The fourth-order valence-electron chi connectivity index (χ4n) is 2.52. The second-order valence-corrected chi connectivity index (χ2v) is 5.87. The van der Waals surface area contributed by atoms with Crippen LogP contribution in [0.4, 0.5) is 5.13 Å². The molecule has 0 spiro atoms. The van der Waals surface area contributed by atoms with Crippen LogP contribution >= 0.6 is 11.3 Å². The van der Waals surface area contributed by atoms with E-state index in [9.17, 15) is 4.79 Å². The molecule has 0 radical (unpaired) electrons. The molecule has 2 N–H and O–H groups in total. The van der Waals surface area contributed by atoms with Crippen molar-refractivity contribution in [3.8, 4) is 0 Å². The molecule has 1 aliphatic carbocycles. The minimum Gasteiger partial charge on any atom is -0.380 e. The van der Waals surface area contributed by atoms with Gasteiger partial charge in [0, 0.05) is 18.5 Å². The summed E-state index contributed by atoms with van der Waals surface area (Å²) in [5.41, 5.74) is 1.17. The third kappa shape index (κ3) is 2.28. The smallest absolute Gasteiger partial charge is 0.243 e. The molecule has 0 bridgehead atoms. The first kappa shape index (κ1) is 12.1. The first-order chi connectivity index (χ1) is 8.76. The highest BCUT2D eigenvalue weighted by Crippen LogP contribution is 2.30. The number of carbonyl (C=O) groups excluding carboxylic acids is 1. The van der Waals surface area contributed by atoms with Gasteiger partial charge in [-0.05, 0) is 25.7 Å². The van der Waals surface area contributed by atoms with Crippen molar-refractivity contribution in [2.45, 2.75) is 37.8 Å². The average molecular weight is 267 g/mol. The molecule has 1 amide bonds. The molecule has 5 nitrogen and oxygen atoms in total. The fourth-order valence-corrected chi connectivity index (χ4v) is 3.57. The zero-order valence-electron chi connectivity index (χ0n) is 10.4. The van der Waals surface area contributed by atoms with Crippen molar-refractivity contribution in [3.63, 3.8) is 0 Å². The van der Waals surface area contributed by atoms with Crippen LogP contribution in [0.1, 0.15) is 23.4 Å². The van der Waals surface area contributed by atoms with Gasteiger partial charge in [-0.25, -0.2) is 4.98 Å². The lowest BCUT2D eigenvalue weighted by Crippen LogP contribution is -2.35. The number of aromatic nitrogens is 1. The summed E-state index contributed by atoms with van der Waals surface area (Å²) in [6.45, 7) is 0.739. The summed E-state index contributed by atoms with van der Waals surface area (Å²) < 4.78 is 5.24. The summed E-state index contributed by atoms with van der Waals surface area (Å²) in [4.78, 5) is 17.8. The average Bonchev–Trinajstić information content (AvgIpc) is 3.02. The first-order valence-corrected chi connectivity index (χ1v) is 7.13. The van der Waals surface area contributed by atoms with E-state index in [2.05, 4.69) is 15.6 Å². The zero-order chi connectivity index (χ0) is 12.5. The number of anilines is 1. The second-order valence-electron chi connectivity index (χ2n) is 4.79. The van der Waals surface area contributed by atoms with Crippen molar-refractivity contribution in [1.82, 2.24) is 10.3 Å². The standard InChI is InChI=1S/C12H17N3O2S/c1-17-7-5-9(13-6-7)11(16)15-12-14-8-3-2-4-10(8)18-12/h7,9,13H,2-6H2,1H3,(H,14,15,16). The first-order valence-electron chi connectivity index (χ1n) is 6.32. The molecule has 1 aromatic heterocycles. The summed E-state index contributed by atoms with van der Waals surface area (Å²) in [5, 5.41) is 6.82. The van der Waals surface area contributed by atoms with Crippen LogP contribution in [0, 0.1) is 0 Å². The van der Waals surface area contributed by atoms with E-state index in [1.165, 1.54) is 17.0 Å². The minimum atomic E-state index is -0.159. The van der Waals surface area contributed by atoms with E-state index in [0.29, 0.717) is 0 Å². The maximum absolute atomic E-state index is 12.0. The van der Waals surface area contributed by atoms with Crippen molar-refractivity contribution >= 4 is 22.4 Å². The van der Waals surface area contributed by atoms with Crippen molar-refractivity contribution in [1.29, 1.82) is 0 Å². The third-order valence-corrected chi connectivity index (χ3v) is 4.64. The summed E-state index contributed by atoms with van der Waals surface area (Å²) in [5.74, 6) is 0.00183. The normalized spacial score (nSPS) is 26.3. The quantitative estimate of drug-likeness (QED) is 0.856. The molecule has 1 fully saturated rings. The van der Waals surface area contributed by atoms with E-state index < -0.39 is 0 Å². The Hall–Kier alpha value is -0.980. The molecule has 3 rings (SSSR count). The predicted octanol–water partition coefficient (Wildman–Crippen LogP) is 0.947. The SMILES string of the molecule is COC1CNC(C(=O)Nc2nc3c(s2)CCC3)C1. The molecule has 2 atom stereocenters. The zero-order valence-corrected chi connectivity index (χ0v) is 11.2. The van der Waals surface area contributed by atoms with Crippen LogP contribution in [0.5, 0.6) is 0 Å². The molecule has 0 aromatic carbocycles. The number of hydrogen-bond acceptors (Lipinski definition) is 5. The number of methoxy groups -OCH3 is 1. The number of carbonyl (C=O) groups is 1. The topological polar surface area (TPSA) is 63.2 Å². The van der Waals surface area contributed by atoms with Crippen molar-refractivity contribution < 1.29 is 9.53 Å². The van der Waals surface area contributed by atoms with E-state index in [4.69, 9.17) is 4.74 Å². The van der Waals surface area contributed by atoms with E-state index in [1.54, 1.807) is 18.4 Å². The molecule has 2 heterocycles. The number of aryl methyl sites for hydroxylation is 2. The van der Waals surface area contributed by atoms with Gasteiger partial charge in [-0.3, -0.25) is 4.79 Å². The van der Waals surface area contributed by atoms with Gasteiger partial charge in [0.1, 0.15) is 0 Å². The minimum absolute atomic E-state index is 0.00183. The molecule has 98 valence electrons. The van der Waals surface area contributed by atoms with E-state index >= 15 is 0 Å². The number of fused-ring (bicyclic) bond motifs is 1. The van der Waals surface area contributed by atoms with Gasteiger partial charge in [0.05, 0.1) is 17.8 Å². The number of nitrogens with zero attached hydrogens (tertiary/aromatic N) is 1. The number of ether oxygens (including phenoxy) is 1. The summed E-state index contributed by atoms with van der Waals surface area (Å²) in [7, 11) is 1.68. The molecule has 1 aromatic rings. The lowest BCUT2D eigenvalue weighted by molar-refractivity contribution is -0.118. The van der Waals surface area contributed by atoms with Crippen LogP contribution in [-0.2, 0) is 22.4 Å². The number of rotatable bonds is 3. The number of amides is 1. The Morgan fingerprint density at radius 2 is 2.44 bits per heavy atom. The van der Waals surface area contributed by atoms with Crippen LogP contribution in [0.3, 0.4) is 0 Å². The Morgan fingerprint density at radius 3 is 3.17 bits per heavy atom. The van der Waals surface area contributed by atoms with Gasteiger partial charge >= 0.3 is 0 Å². The highest BCUT2D eigenvalue weighted by molar-refractivity contribution is 7.15. The lowest BCUT2D eigenvalue weighted by Gasteiger charge is -2.09. The Balaban J connectivity index is 1.60. The summed E-state index contributed by atoms with van der Waals surface area (Å²) >= 11 is 1.61. The molecule has 0 saturated carbocycles. The summed E-state index contributed by atoms with van der Waals surface area (Å²) in [6.07, 6.45) is 4.23. The Kier molecular flexibility index (Phi) is 3.32. The molecular formula is C12H17N3O2S. The van der Waals surface area contributed by atoms with E-state index in [0.717, 1.165) is 30.9 Å². The van der Waals surface area contributed by atoms with Crippen LogP contribution in [-0.4, -0.2) is 36.7 Å². The van der Waals surface area contributed by atoms with Gasteiger partial charge in [0.15, 0.2) is 5.13 Å². The van der Waals surface area contributed by atoms with Crippen molar-refractivity contribution in [3.05, 3.63) is 10.6 Å². The maximum Gasteiger partial charge on any atom is 0.243 e. The highest BCUT2D eigenvalue weighted by atomic mass is 32.1. The summed E-state index contributed by atoms with van der Waals surface area (Å²) in [6, 6.07) is -0.159. The van der Waals surface area contributed by atoms with E-state index in [1.807, 2.05) is 0 Å². The van der Waals surface area contributed by atoms with Crippen LogP contribution in [0.2, 0.25) is 0 Å². The molecule has 18 heavy (non-hydrogen) atoms. The van der Waals surface area contributed by atoms with Gasteiger partial charge in [0.2, 0.25) is 5.91 Å². The Bertz CT molecular complexity index is 439. The largest absolute Gasteiger partial charge is 0.380 e. The van der Waals surface area contributed by atoms with Crippen molar-refractivity contribution in [2.24, 2.45) is 0 Å². The molecule has 2 aliphatic rings. The van der Waals surface area contributed by atoms with Gasteiger partial charge in [-0.1, -0.05) is 0 Å². The lowest BCUT2D eigenvalue weighted by atomic mass is 10.2. The van der Waals surface area contributed by atoms with Crippen molar-refractivity contribution in [2.75, 3.05) is 19.0 Å². The molecule has 1 aliphatic heterocycles. The van der Waals surface area contributed by atoms with Crippen LogP contribution in [0.15, 0.2) is 0 Å². The van der Waals surface area contributed by atoms with Gasteiger partial charge in [-0.2, -0.15) is 0 Å². The van der Waals surface area contributed by atoms with Crippen LogP contribution < -0.4 is 10.6 Å². The molecule has 2 unspecified atom stereocenters. The molecule has 1 saturated heterocycles. The third-order valence-electron chi connectivity index (χ3n) is 3.57. The molecular weight excluding hydrogens is 250 g/mol. The molecule has 6 heteroatoms. The number of thiazole rings is 1. The number of hydrogen-bond donors (Lipinski definition) is 2. The predicted molar refractivity (Wildman–Crippen MR) is 70.0 cm³/mol. The fraction of sp³-hybridized carbons (Fsp3) is 0.667. The highest BCUT2D eigenvalue weighted by Gasteiger charge is 2.30. The van der Waals surface area contributed by atoms with Gasteiger partial charge in [0.25, 0.3) is 0 Å². The maximum atomic E-state index is 12.0. The Morgan fingerprint density at radius 1 is 1.56 bits per heavy atom. The second kappa shape index (κ2) is 4.95. The van der Waals surface area contributed by atoms with Gasteiger partial charge < -0.3 is 15.4 Å². The van der Waals surface area contributed by atoms with Crippen LogP contribution in [0.25, 0.3) is 0 Å². The number of nitrogens with one attached hydrogen (secondary N) is 2. The Labute approximate surface area is 110 Å². The monoisotopic (exact) mass is 267 g/mol. The van der Waals surface area contributed by atoms with E-state index in [-0.39, 0.29) is 18.1 Å². The van der Waals surface area contributed by atoms with Gasteiger partial charge in [-0.15, -0.1) is 11.3 Å².